The minimum Gasteiger partial charge on any atom is -0.338 e. The van der Waals surface area contributed by atoms with Gasteiger partial charge in [0.05, 0.1) is 11.9 Å². The van der Waals surface area contributed by atoms with E-state index in [1.165, 1.54) is 21.7 Å². The van der Waals surface area contributed by atoms with E-state index in [2.05, 4.69) is 6.07 Å². The molecule has 0 spiro atoms. The van der Waals surface area contributed by atoms with Crippen LogP contribution in [-0.4, -0.2) is 38.6 Å². The van der Waals surface area contributed by atoms with Gasteiger partial charge < -0.3 is 4.90 Å². The first-order valence-electron chi connectivity index (χ1n) is 9.16. The molecule has 0 saturated heterocycles. The zero-order valence-electron chi connectivity index (χ0n) is 16.1. The van der Waals surface area contributed by atoms with Crippen molar-refractivity contribution in [2.45, 2.75) is 33.2 Å². The van der Waals surface area contributed by atoms with Gasteiger partial charge in [0.1, 0.15) is 0 Å². The van der Waals surface area contributed by atoms with Crippen LogP contribution in [0.1, 0.15) is 28.7 Å². The summed E-state index contributed by atoms with van der Waals surface area (Å²) < 4.78 is 26.1. The fourth-order valence-corrected chi connectivity index (χ4v) is 4.75. The van der Waals surface area contributed by atoms with Gasteiger partial charge in [-0.3, -0.25) is 9.10 Å². The highest BCUT2D eigenvalue weighted by Crippen LogP contribution is 2.27. The van der Waals surface area contributed by atoms with Crippen LogP contribution < -0.4 is 4.31 Å². The lowest BCUT2D eigenvalue weighted by molar-refractivity contribution is -0.131. The average molecular weight is 387 g/mol. The van der Waals surface area contributed by atoms with Crippen molar-refractivity contribution in [3.63, 3.8) is 0 Å². The van der Waals surface area contributed by atoms with E-state index in [0.29, 0.717) is 18.8 Å². The average Bonchev–Trinajstić information content (AvgIpc) is 2.62. The Labute approximate surface area is 161 Å². The Balaban J connectivity index is 1.74. The van der Waals surface area contributed by atoms with Crippen LogP contribution >= 0.6 is 0 Å². The van der Waals surface area contributed by atoms with E-state index in [1.807, 2.05) is 55.1 Å². The number of benzene rings is 2. The largest absolute Gasteiger partial charge is 0.338 e. The maximum absolute atomic E-state index is 12.7. The maximum Gasteiger partial charge on any atom is 0.232 e. The normalized spacial score (nSPS) is 14.0. The summed E-state index contributed by atoms with van der Waals surface area (Å²) in [7, 11) is -3.48. The number of anilines is 1. The molecule has 3 rings (SSSR count). The van der Waals surface area contributed by atoms with Gasteiger partial charge >= 0.3 is 0 Å². The Morgan fingerprint density at radius 3 is 2.30 bits per heavy atom. The van der Waals surface area contributed by atoms with E-state index in [9.17, 15) is 13.2 Å². The molecule has 27 heavy (non-hydrogen) atoms. The van der Waals surface area contributed by atoms with E-state index in [1.54, 1.807) is 0 Å². The Kier molecular flexibility index (Phi) is 5.56. The summed E-state index contributed by atoms with van der Waals surface area (Å²) in [5.74, 6) is -0.00982. The summed E-state index contributed by atoms with van der Waals surface area (Å²) >= 11 is 0. The molecule has 0 bridgehead atoms. The van der Waals surface area contributed by atoms with Crippen molar-refractivity contribution in [1.82, 2.24) is 4.90 Å². The van der Waals surface area contributed by atoms with E-state index in [0.717, 1.165) is 17.5 Å². The molecule has 1 heterocycles. The number of aryl methyl sites for hydroxylation is 2. The van der Waals surface area contributed by atoms with Crippen molar-refractivity contribution >= 4 is 21.6 Å². The minimum atomic E-state index is -3.48. The van der Waals surface area contributed by atoms with Crippen molar-refractivity contribution in [1.29, 1.82) is 0 Å². The molecule has 1 aliphatic heterocycles. The maximum atomic E-state index is 12.7. The summed E-state index contributed by atoms with van der Waals surface area (Å²) in [6.45, 7) is 5.21. The fourth-order valence-electron chi connectivity index (χ4n) is 3.71. The Morgan fingerprint density at radius 2 is 1.67 bits per heavy atom. The first-order chi connectivity index (χ1) is 12.8. The number of carbonyl (C=O) groups is 1. The number of hydrogen-bond acceptors (Lipinski definition) is 3. The molecule has 6 heteroatoms. The second-order valence-corrected chi connectivity index (χ2v) is 9.07. The number of hydrogen-bond donors (Lipinski definition) is 0. The van der Waals surface area contributed by atoms with Gasteiger partial charge in [-0.25, -0.2) is 8.42 Å². The third kappa shape index (κ3) is 4.33. The summed E-state index contributed by atoms with van der Waals surface area (Å²) in [6, 6.07) is 13.8. The molecular formula is C21H26N2O3S. The summed E-state index contributed by atoms with van der Waals surface area (Å²) in [5, 5.41) is 0. The third-order valence-electron chi connectivity index (χ3n) is 5.10. The summed E-state index contributed by atoms with van der Waals surface area (Å²) in [4.78, 5) is 14.6. The second-order valence-electron chi connectivity index (χ2n) is 7.16. The molecule has 1 amide bonds. The number of nitrogens with zero attached hydrogens (tertiary/aromatic N) is 2. The van der Waals surface area contributed by atoms with Gasteiger partial charge in [-0.1, -0.05) is 42.5 Å². The van der Waals surface area contributed by atoms with Crippen molar-refractivity contribution in [3.8, 4) is 0 Å². The molecule has 0 saturated carbocycles. The smallest absolute Gasteiger partial charge is 0.232 e. The predicted molar refractivity (Wildman–Crippen MR) is 108 cm³/mol. The number of amides is 1. The van der Waals surface area contributed by atoms with Crippen LogP contribution in [0, 0.1) is 13.8 Å². The van der Waals surface area contributed by atoms with Crippen molar-refractivity contribution < 1.29 is 13.2 Å². The van der Waals surface area contributed by atoms with Crippen LogP contribution in [0.15, 0.2) is 42.5 Å². The summed E-state index contributed by atoms with van der Waals surface area (Å²) in [6.07, 6.45) is 2.21. The van der Waals surface area contributed by atoms with Gasteiger partial charge in [-0.05, 0) is 42.5 Å². The SMILES string of the molecule is Cc1cccc(C)c1N(CCC(=O)N1CCc2ccccc2C1)S(C)(=O)=O. The Hall–Kier alpha value is -2.34. The topological polar surface area (TPSA) is 57.7 Å². The van der Waals surface area contributed by atoms with E-state index < -0.39 is 10.0 Å². The fraction of sp³-hybridized carbons (Fsp3) is 0.381. The Bertz CT molecular complexity index is 933. The van der Waals surface area contributed by atoms with E-state index in [4.69, 9.17) is 0 Å². The van der Waals surface area contributed by atoms with Crippen LogP contribution in [0.2, 0.25) is 0 Å². The third-order valence-corrected chi connectivity index (χ3v) is 6.27. The monoisotopic (exact) mass is 386 g/mol. The zero-order valence-corrected chi connectivity index (χ0v) is 16.9. The quantitative estimate of drug-likeness (QED) is 0.794. The molecule has 1 aliphatic rings. The highest BCUT2D eigenvalue weighted by molar-refractivity contribution is 7.92. The lowest BCUT2D eigenvalue weighted by atomic mass is 10.00. The van der Waals surface area contributed by atoms with Crippen molar-refractivity contribution in [2.24, 2.45) is 0 Å². The van der Waals surface area contributed by atoms with Gasteiger partial charge in [0, 0.05) is 26.1 Å². The molecule has 144 valence electrons. The highest BCUT2D eigenvalue weighted by Gasteiger charge is 2.25. The molecule has 0 aromatic heterocycles. The van der Waals surface area contributed by atoms with Crippen LogP contribution in [0.3, 0.4) is 0 Å². The van der Waals surface area contributed by atoms with Crippen molar-refractivity contribution in [3.05, 3.63) is 64.7 Å². The van der Waals surface area contributed by atoms with Gasteiger partial charge in [0.2, 0.25) is 15.9 Å². The molecule has 0 fully saturated rings. The minimum absolute atomic E-state index is 0.00982. The van der Waals surface area contributed by atoms with Gasteiger partial charge in [-0.2, -0.15) is 0 Å². The second kappa shape index (κ2) is 7.72. The molecule has 0 aliphatic carbocycles. The van der Waals surface area contributed by atoms with Gasteiger partial charge in [0.15, 0.2) is 0 Å². The molecule has 2 aromatic carbocycles. The first-order valence-corrected chi connectivity index (χ1v) is 11.0. The molecular weight excluding hydrogens is 360 g/mol. The van der Waals surface area contributed by atoms with Gasteiger partial charge in [-0.15, -0.1) is 0 Å². The Morgan fingerprint density at radius 1 is 1.04 bits per heavy atom. The molecule has 0 unspecified atom stereocenters. The van der Waals surface area contributed by atoms with E-state index in [-0.39, 0.29) is 18.9 Å². The van der Waals surface area contributed by atoms with Crippen molar-refractivity contribution in [2.75, 3.05) is 23.7 Å². The molecule has 2 aromatic rings. The molecule has 0 radical (unpaired) electrons. The van der Waals surface area contributed by atoms with Gasteiger partial charge in [0.25, 0.3) is 0 Å². The molecule has 0 atom stereocenters. The predicted octanol–water partition coefficient (Wildman–Crippen LogP) is 3.04. The standard InChI is InChI=1S/C21H26N2O3S/c1-16-7-6-8-17(2)21(16)23(27(3,25)26)14-12-20(24)22-13-11-18-9-4-5-10-19(18)15-22/h4-10H,11-15H2,1-3H3. The lowest BCUT2D eigenvalue weighted by Crippen LogP contribution is -2.39. The number of rotatable bonds is 5. The number of sulfonamides is 1. The van der Waals surface area contributed by atoms with Crippen LogP contribution in [-0.2, 0) is 27.8 Å². The lowest BCUT2D eigenvalue weighted by Gasteiger charge is -2.30. The summed E-state index contributed by atoms with van der Waals surface area (Å²) in [5.41, 5.74) is 4.91. The number of para-hydroxylation sites is 1. The van der Waals surface area contributed by atoms with Crippen LogP contribution in [0.25, 0.3) is 0 Å². The number of fused-ring (bicyclic) bond motifs is 1. The zero-order chi connectivity index (χ0) is 19.6. The van der Waals surface area contributed by atoms with Crippen LogP contribution in [0.5, 0.6) is 0 Å². The van der Waals surface area contributed by atoms with Crippen LogP contribution in [0.4, 0.5) is 5.69 Å². The molecule has 5 nitrogen and oxygen atoms in total. The molecule has 0 N–H and O–H groups in total. The number of carbonyl (C=O) groups excluding carboxylic acids is 1. The highest BCUT2D eigenvalue weighted by atomic mass is 32.2. The first kappa shape index (κ1) is 19.4. The van der Waals surface area contributed by atoms with E-state index >= 15 is 0 Å².